The maximum atomic E-state index is 10.1. The predicted octanol–water partition coefficient (Wildman–Crippen LogP) is 5.51. The van der Waals surface area contributed by atoms with E-state index in [4.69, 9.17) is 35.4 Å². The number of phenolic OH excluding ortho intramolecular Hbond substituents is 1. The Labute approximate surface area is 148 Å². The third-order valence-corrected chi connectivity index (χ3v) is 4.15. The molecule has 6 heteroatoms. The zero-order valence-electron chi connectivity index (χ0n) is 13.9. The molecular weight excluding hydrogens is 339 g/mol. The van der Waals surface area contributed by atoms with Crippen LogP contribution in [0.25, 0.3) is 0 Å². The second-order valence-electron chi connectivity index (χ2n) is 7.39. The Morgan fingerprint density at radius 1 is 1.23 bits per heavy atom. The molecule has 0 amide bonds. The first-order valence-electron chi connectivity index (χ1n) is 7.09. The van der Waals surface area contributed by atoms with Crippen LogP contribution in [0, 0.1) is 12.3 Å². The van der Waals surface area contributed by atoms with Gasteiger partial charge in [-0.2, -0.15) is 0 Å². The summed E-state index contributed by atoms with van der Waals surface area (Å²) >= 11 is 17.5. The second kappa shape index (κ2) is 6.81. The molecule has 1 rings (SSSR count). The lowest BCUT2D eigenvalue weighted by atomic mass is 9.82. The van der Waals surface area contributed by atoms with E-state index in [0.29, 0.717) is 21.4 Å². The molecule has 3 nitrogen and oxygen atoms in total. The van der Waals surface area contributed by atoms with Gasteiger partial charge in [0.05, 0.1) is 10.7 Å². The molecule has 0 spiro atoms. The van der Waals surface area contributed by atoms with Crippen LogP contribution in [0.4, 0.5) is 5.69 Å². The topological polar surface area (TPSA) is 44.3 Å². The molecular formula is C16H24Cl2N2OS. The lowest BCUT2D eigenvalue weighted by molar-refractivity contribution is 0.268. The number of rotatable bonds is 3. The van der Waals surface area contributed by atoms with E-state index in [0.717, 1.165) is 6.42 Å². The Bertz CT molecular complexity index is 580. The maximum Gasteiger partial charge on any atom is 0.171 e. The van der Waals surface area contributed by atoms with Crippen LogP contribution in [-0.4, -0.2) is 15.8 Å². The molecule has 0 aliphatic heterocycles. The molecule has 1 aromatic rings. The minimum atomic E-state index is -0.184. The van der Waals surface area contributed by atoms with Gasteiger partial charge in [0.25, 0.3) is 0 Å². The lowest BCUT2D eigenvalue weighted by Crippen LogP contribution is -2.47. The van der Waals surface area contributed by atoms with Gasteiger partial charge in [-0.05, 0) is 56.5 Å². The molecule has 3 N–H and O–H groups in total. The molecule has 124 valence electrons. The van der Waals surface area contributed by atoms with Gasteiger partial charge in [0.2, 0.25) is 0 Å². The fraction of sp³-hybridized carbons (Fsp3) is 0.562. The molecule has 1 aromatic carbocycles. The minimum absolute atomic E-state index is 0.0543. The first-order valence-corrected chi connectivity index (χ1v) is 8.25. The summed E-state index contributed by atoms with van der Waals surface area (Å²) in [5, 5.41) is 17.4. The largest absolute Gasteiger partial charge is 0.504 e. The van der Waals surface area contributed by atoms with Crippen LogP contribution in [0.2, 0.25) is 10.0 Å². The molecule has 0 fully saturated rings. The van der Waals surface area contributed by atoms with Crippen LogP contribution >= 0.6 is 35.4 Å². The van der Waals surface area contributed by atoms with Gasteiger partial charge < -0.3 is 15.7 Å². The molecule has 0 bridgehead atoms. The fourth-order valence-corrected chi connectivity index (χ4v) is 3.47. The van der Waals surface area contributed by atoms with E-state index in [1.165, 1.54) is 0 Å². The van der Waals surface area contributed by atoms with E-state index in [1.807, 2.05) is 0 Å². The summed E-state index contributed by atoms with van der Waals surface area (Å²) in [6.07, 6.45) is 0.934. The highest BCUT2D eigenvalue weighted by atomic mass is 35.5. The molecule has 0 atom stereocenters. The molecule has 0 saturated heterocycles. The Balaban J connectivity index is 2.86. The quantitative estimate of drug-likeness (QED) is 0.490. The number of hydrogen-bond acceptors (Lipinski definition) is 2. The summed E-state index contributed by atoms with van der Waals surface area (Å²) in [7, 11) is 0. The van der Waals surface area contributed by atoms with Crippen molar-refractivity contribution in [3.05, 3.63) is 21.7 Å². The monoisotopic (exact) mass is 362 g/mol. The summed E-state index contributed by atoms with van der Waals surface area (Å²) in [5.41, 5.74) is 1.02. The van der Waals surface area contributed by atoms with Crippen molar-refractivity contribution in [2.45, 2.75) is 53.5 Å². The summed E-state index contributed by atoms with van der Waals surface area (Å²) in [6, 6.07) is 1.61. The second-order valence-corrected chi connectivity index (χ2v) is 8.59. The molecule has 0 aliphatic rings. The minimum Gasteiger partial charge on any atom is -0.504 e. The molecule has 0 saturated carbocycles. The highest BCUT2D eigenvalue weighted by Crippen LogP contribution is 2.38. The predicted molar refractivity (Wildman–Crippen MR) is 100 cm³/mol. The standard InChI is InChI=1S/C16H24Cl2N2OS/c1-9-10(17)7-11(13(21)12(9)18)19-14(22)20-16(5,6)8-15(2,3)4/h7,21H,8H2,1-6H3,(H2,19,20,22). The summed E-state index contributed by atoms with van der Waals surface area (Å²) in [5.74, 6) is -0.0543. The van der Waals surface area contributed by atoms with Crippen molar-refractivity contribution in [3.8, 4) is 5.75 Å². The van der Waals surface area contributed by atoms with Gasteiger partial charge in [-0.25, -0.2) is 0 Å². The van der Waals surface area contributed by atoms with Crippen molar-refractivity contribution < 1.29 is 5.11 Å². The van der Waals surface area contributed by atoms with E-state index >= 15 is 0 Å². The van der Waals surface area contributed by atoms with Crippen molar-refractivity contribution in [1.29, 1.82) is 0 Å². The van der Waals surface area contributed by atoms with Gasteiger partial charge in [-0.1, -0.05) is 44.0 Å². The summed E-state index contributed by atoms with van der Waals surface area (Å²) in [6.45, 7) is 12.5. The van der Waals surface area contributed by atoms with Crippen molar-refractivity contribution >= 4 is 46.2 Å². The van der Waals surface area contributed by atoms with Gasteiger partial charge in [0.1, 0.15) is 0 Å². The van der Waals surface area contributed by atoms with Crippen LogP contribution < -0.4 is 10.6 Å². The lowest BCUT2D eigenvalue weighted by Gasteiger charge is -2.34. The van der Waals surface area contributed by atoms with Crippen LogP contribution in [0.3, 0.4) is 0 Å². The van der Waals surface area contributed by atoms with Crippen LogP contribution in [0.15, 0.2) is 6.07 Å². The Kier molecular flexibility index (Phi) is 5.99. The van der Waals surface area contributed by atoms with E-state index in [9.17, 15) is 5.11 Å². The van der Waals surface area contributed by atoms with Crippen LogP contribution in [0.1, 0.15) is 46.6 Å². The van der Waals surface area contributed by atoms with Crippen molar-refractivity contribution in [1.82, 2.24) is 5.32 Å². The highest BCUT2D eigenvalue weighted by molar-refractivity contribution is 7.80. The molecule has 0 aliphatic carbocycles. The van der Waals surface area contributed by atoms with E-state index in [2.05, 4.69) is 45.3 Å². The normalized spacial score (nSPS) is 12.2. The molecule has 0 radical (unpaired) electrons. The number of nitrogens with one attached hydrogen (secondary N) is 2. The average Bonchev–Trinajstić information content (AvgIpc) is 2.29. The first kappa shape index (κ1) is 19.3. The third-order valence-electron chi connectivity index (χ3n) is 3.09. The Hall–Kier alpha value is -0.710. The van der Waals surface area contributed by atoms with Crippen molar-refractivity contribution in [2.75, 3.05) is 5.32 Å². The van der Waals surface area contributed by atoms with Gasteiger partial charge in [0.15, 0.2) is 10.9 Å². The smallest absolute Gasteiger partial charge is 0.171 e. The average molecular weight is 363 g/mol. The van der Waals surface area contributed by atoms with Crippen LogP contribution in [-0.2, 0) is 0 Å². The highest BCUT2D eigenvalue weighted by Gasteiger charge is 2.26. The van der Waals surface area contributed by atoms with Gasteiger partial charge in [0, 0.05) is 10.6 Å². The summed E-state index contributed by atoms with van der Waals surface area (Å²) in [4.78, 5) is 0. The van der Waals surface area contributed by atoms with Gasteiger partial charge in [-0.3, -0.25) is 0 Å². The Morgan fingerprint density at radius 2 is 1.77 bits per heavy atom. The third kappa shape index (κ3) is 5.49. The zero-order valence-corrected chi connectivity index (χ0v) is 16.2. The van der Waals surface area contributed by atoms with Crippen LogP contribution in [0.5, 0.6) is 5.75 Å². The molecule has 0 aromatic heterocycles. The van der Waals surface area contributed by atoms with E-state index < -0.39 is 0 Å². The number of aromatic hydroxyl groups is 1. The Morgan fingerprint density at radius 3 is 2.27 bits per heavy atom. The molecule has 0 unspecified atom stereocenters. The molecule has 22 heavy (non-hydrogen) atoms. The number of phenols is 1. The SMILES string of the molecule is Cc1c(Cl)cc(NC(=S)NC(C)(C)CC(C)(C)C)c(O)c1Cl. The zero-order chi connectivity index (χ0) is 17.3. The number of benzene rings is 1. The number of anilines is 1. The van der Waals surface area contributed by atoms with Crippen molar-refractivity contribution in [3.63, 3.8) is 0 Å². The maximum absolute atomic E-state index is 10.1. The van der Waals surface area contributed by atoms with E-state index in [-0.39, 0.29) is 21.7 Å². The number of thiocarbonyl (C=S) groups is 1. The number of hydrogen-bond donors (Lipinski definition) is 3. The first-order chi connectivity index (χ1) is 9.82. The fourth-order valence-electron chi connectivity index (χ4n) is 2.63. The van der Waals surface area contributed by atoms with E-state index in [1.54, 1.807) is 13.0 Å². The van der Waals surface area contributed by atoms with Gasteiger partial charge in [-0.15, -0.1) is 0 Å². The van der Waals surface area contributed by atoms with Crippen molar-refractivity contribution in [2.24, 2.45) is 5.41 Å². The van der Waals surface area contributed by atoms with Gasteiger partial charge >= 0.3 is 0 Å². The summed E-state index contributed by atoms with van der Waals surface area (Å²) < 4.78 is 0. The molecule has 0 heterocycles. The number of halogens is 2.